The number of amides is 1. The van der Waals surface area contributed by atoms with Crippen molar-refractivity contribution in [3.8, 4) is 5.75 Å². The van der Waals surface area contributed by atoms with Gasteiger partial charge in [-0.1, -0.05) is 17.7 Å². The molecule has 0 aliphatic carbocycles. The van der Waals surface area contributed by atoms with E-state index >= 15 is 0 Å². The van der Waals surface area contributed by atoms with Gasteiger partial charge in [0.05, 0.1) is 25.4 Å². The molecule has 8 nitrogen and oxygen atoms in total. The Labute approximate surface area is 185 Å². The van der Waals surface area contributed by atoms with E-state index in [4.69, 9.17) is 22.1 Å². The number of nitrogens with one attached hydrogen (secondary N) is 1. The van der Waals surface area contributed by atoms with Gasteiger partial charge in [0.2, 0.25) is 5.91 Å². The van der Waals surface area contributed by atoms with Gasteiger partial charge in [-0.2, -0.15) is 5.10 Å². The summed E-state index contributed by atoms with van der Waals surface area (Å²) >= 11 is 6.04. The Balaban J connectivity index is 1.63. The Morgan fingerprint density at radius 1 is 1.26 bits per heavy atom. The third-order valence-electron chi connectivity index (χ3n) is 4.77. The first-order chi connectivity index (χ1) is 15.0. The van der Waals surface area contributed by atoms with Crippen molar-refractivity contribution >= 4 is 17.5 Å². The zero-order valence-corrected chi connectivity index (χ0v) is 17.9. The zero-order valence-electron chi connectivity index (χ0n) is 17.2. The number of benzene rings is 1. The van der Waals surface area contributed by atoms with E-state index in [0.29, 0.717) is 28.4 Å². The van der Waals surface area contributed by atoms with Gasteiger partial charge in [0.1, 0.15) is 12.4 Å². The van der Waals surface area contributed by atoms with Crippen molar-refractivity contribution in [3.63, 3.8) is 0 Å². The first kappa shape index (κ1) is 22.5. The maximum atomic E-state index is 12.8. The summed E-state index contributed by atoms with van der Waals surface area (Å²) in [5.41, 5.74) is 8.25. The summed E-state index contributed by atoms with van der Waals surface area (Å²) in [5.74, 6) is 0.340. The van der Waals surface area contributed by atoms with Crippen molar-refractivity contribution in [3.05, 3.63) is 86.6 Å². The molecule has 0 unspecified atom stereocenters. The topological polar surface area (TPSA) is 112 Å². The van der Waals surface area contributed by atoms with Crippen molar-refractivity contribution in [2.24, 2.45) is 5.73 Å². The molecule has 9 heteroatoms. The second kappa shape index (κ2) is 10.7. The molecule has 0 aliphatic rings. The van der Waals surface area contributed by atoms with Crippen LogP contribution >= 0.6 is 11.6 Å². The molecule has 0 radical (unpaired) electrons. The molecule has 0 saturated carbocycles. The van der Waals surface area contributed by atoms with E-state index < -0.39 is 0 Å². The summed E-state index contributed by atoms with van der Waals surface area (Å²) < 4.78 is 6.87. The van der Waals surface area contributed by atoms with Crippen LogP contribution in [0.2, 0.25) is 5.02 Å². The number of hydrogen-bond acceptors (Lipinski definition) is 6. The minimum Gasteiger partial charge on any atom is -0.490 e. The van der Waals surface area contributed by atoms with Gasteiger partial charge in [0.15, 0.2) is 0 Å². The molecule has 0 spiro atoms. The lowest BCUT2D eigenvalue weighted by Crippen LogP contribution is -2.33. The zero-order chi connectivity index (χ0) is 22.2. The molecule has 3 N–H and O–H groups in total. The van der Waals surface area contributed by atoms with Gasteiger partial charge >= 0.3 is 0 Å². The monoisotopic (exact) mass is 441 g/mol. The van der Waals surface area contributed by atoms with E-state index in [2.05, 4.69) is 15.4 Å². The molecular formula is C22H24ClN5O3. The van der Waals surface area contributed by atoms with Gasteiger partial charge in [-0.05, 0) is 47.9 Å². The normalized spacial score (nSPS) is 10.7. The number of aryl methyl sites for hydroxylation is 1. The van der Waals surface area contributed by atoms with Gasteiger partial charge in [-0.15, -0.1) is 0 Å². The lowest BCUT2D eigenvalue weighted by Gasteiger charge is -2.12. The molecule has 2 heterocycles. The van der Waals surface area contributed by atoms with Crippen LogP contribution < -0.4 is 21.3 Å². The van der Waals surface area contributed by atoms with Crippen molar-refractivity contribution in [2.75, 3.05) is 6.61 Å². The van der Waals surface area contributed by atoms with E-state index in [9.17, 15) is 9.59 Å². The SMILES string of the molecule is Cc1cnn(CCOc2cccnc2)c(=O)c1CC(=O)NCc1cc(Cl)ccc1CN. The summed E-state index contributed by atoms with van der Waals surface area (Å²) in [7, 11) is 0. The second-order valence-electron chi connectivity index (χ2n) is 6.94. The molecule has 0 fully saturated rings. The van der Waals surface area contributed by atoms with E-state index in [-0.39, 0.29) is 37.6 Å². The van der Waals surface area contributed by atoms with Crippen LogP contribution in [0.3, 0.4) is 0 Å². The third-order valence-corrected chi connectivity index (χ3v) is 5.00. The molecule has 0 aliphatic heterocycles. The van der Waals surface area contributed by atoms with Crippen molar-refractivity contribution in [1.29, 1.82) is 0 Å². The molecule has 3 rings (SSSR count). The predicted octanol–water partition coefficient (Wildman–Crippen LogP) is 2.00. The molecule has 1 aromatic carbocycles. The second-order valence-corrected chi connectivity index (χ2v) is 7.38. The minimum atomic E-state index is -0.310. The molecule has 0 bridgehead atoms. The number of nitrogens with two attached hydrogens (primary N) is 1. The average molecular weight is 442 g/mol. The fourth-order valence-electron chi connectivity index (χ4n) is 3.04. The van der Waals surface area contributed by atoms with E-state index in [1.165, 1.54) is 4.68 Å². The highest BCUT2D eigenvalue weighted by Crippen LogP contribution is 2.16. The quantitative estimate of drug-likeness (QED) is 0.525. The highest BCUT2D eigenvalue weighted by molar-refractivity contribution is 6.30. The summed E-state index contributed by atoms with van der Waals surface area (Å²) in [6.07, 6.45) is 4.78. The number of ether oxygens (including phenoxy) is 1. The maximum absolute atomic E-state index is 12.8. The number of carbonyl (C=O) groups excluding carboxylic acids is 1. The number of aromatic nitrogens is 3. The highest BCUT2D eigenvalue weighted by Gasteiger charge is 2.14. The van der Waals surface area contributed by atoms with Crippen LogP contribution in [-0.2, 0) is 30.8 Å². The van der Waals surface area contributed by atoms with Gasteiger partial charge in [-0.3, -0.25) is 14.6 Å². The lowest BCUT2D eigenvalue weighted by atomic mass is 10.1. The Morgan fingerprint density at radius 3 is 2.84 bits per heavy atom. The molecule has 0 atom stereocenters. The predicted molar refractivity (Wildman–Crippen MR) is 118 cm³/mol. The summed E-state index contributed by atoms with van der Waals surface area (Å²) in [6.45, 7) is 2.90. The Kier molecular flexibility index (Phi) is 7.75. The van der Waals surface area contributed by atoms with Gasteiger partial charge < -0.3 is 15.8 Å². The number of hydrogen-bond donors (Lipinski definition) is 2. The van der Waals surface area contributed by atoms with E-state index in [1.54, 1.807) is 49.8 Å². The fourth-order valence-corrected chi connectivity index (χ4v) is 3.24. The van der Waals surface area contributed by atoms with Crippen molar-refractivity contribution in [1.82, 2.24) is 20.1 Å². The molecule has 3 aromatic rings. The fraction of sp³-hybridized carbons (Fsp3) is 0.273. The van der Waals surface area contributed by atoms with Crippen molar-refractivity contribution in [2.45, 2.75) is 33.0 Å². The summed E-state index contributed by atoms with van der Waals surface area (Å²) in [4.78, 5) is 29.3. The molecule has 162 valence electrons. The van der Waals surface area contributed by atoms with E-state index in [0.717, 1.165) is 11.1 Å². The smallest absolute Gasteiger partial charge is 0.270 e. The summed E-state index contributed by atoms with van der Waals surface area (Å²) in [6, 6.07) is 8.92. The first-order valence-electron chi connectivity index (χ1n) is 9.80. The Hall–Kier alpha value is -3.23. The standard InChI is InChI=1S/C22H24ClN5O3/c1-15-12-27-28(7-8-31-19-3-2-6-25-14-19)22(30)20(15)10-21(29)26-13-17-9-18(23)5-4-16(17)11-24/h2-6,9,12,14H,7-8,10-11,13,24H2,1H3,(H,26,29). The maximum Gasteiger partial charge on any atom is 0.270 e. The number of halogens is 1. The van der Waals surface area contributed by atoms with Crippen LogP contribution in [0.15, 0.2) is 53.7 Å². The van der Waals surface area contributed by atoms with E-state index in [1.807, 2.05) is 6.07 Å². The van der Waals surface area contributed by atoms with Crippen molar-refractivity contribution < 1.29 is 9.53 Å². The van der Waals surface area contributed by atoms with Crippen LogP contribution in [0, 0.1) is 6.92 Å². The Bertz CT molecular complexity index is 1100. The lowest BCUT2D eigenvalue weighted by molar-refractivity contribution is -0.120. The first-order valence-corrected chi connectivity index (χ1v) is 10.2. The van der Waals surface area contributed by atoms with Crippen LogP contribution in [0.25, 0.3) is 0 Å². The molecular weight excluding hydrogens is 418 g/mol. The van der Waals surface area contributed by atoms with Crippen LogP contribution in [-0.4, -0.2) is 27.3 Å². The van der Waals surface area contributed by atoms with Gasteiger partial charge in [-0.25, -0.2) is 4.68 Å². The third kappa shape index (κ3) is 6.13. The van der Waals surface area contributed by atoms with Gasteiger partial charge in [0, 0.05) is 29.9 Å². The molecule has 31 heavy (non-hydrogen) atoms. The van der Waals surface area contributed by atoms with Gasteiger partial charge in [0.25, 0.3) is 5.56 Å². The largest absolute Gasteiger partial charge is 0.490 e. The molecule has 0 saturated heterocycles. The van der Waals surface area contributed by atoms with Crippen LogP contribution in [0.5, 0.6) is 5.75 Å². The summed E-state index contributed by atoms with van der Waals surface area (Å²) in [5, 5.41) is 7.56. The van der Waals surface area contributed by atoms with Crippen LogP contribution in [0.4, 0.5) is 0 Å². The molecule has 1 amide bonds. The number of carbonyl (C=O) groups is 1. The highest BCUT2D eigenvalue weighted by atomic mass is 35.5. The number of rotatable bonds is 9. The number of pyridine rings is 1. The number of nitrogens with zero attached hydrogens (tertiary/aromatic N) is 3. The molecule has 2 aromatic heterocycles. The van der Waals surface area contributed by atoms with Crippen LogP contribution in [0.1, 0.15) is 22.3 Å². The minimum absolute atomic E-state index is 0.0465. The Morgan fingerprint density at radius 2 is 2.10 bits per heavy atom. The average Bonchev–Trinajstić information content (AvgIpc) is 2.77.